The molecule has 13 heteroatoms. The zero-order chi connectivity index (χ0) is 41.5. The number of aldehydes is 3. The van der Waals surface area contributed by atoms with Crippen molar-refractivity contribution in [3.63, 3.8) is 0 Å². The first-order valence-corrected chi connectivity index (χ1v) is 19.2. The van der Waals surface area contributed by atoms with Gasteiger partial charge >= 0.3 is 14.2 Å². The Labute approximate surface area is 347 Å². The van der Waals surface area contributed by atoms with Crippen LogP contribution >= 0.6 is 15.9 Å². The predicted octanol–water partition coefficient (Wildman–Crippen LogP) is 5.48. The van der Waals surface area contributed by atoms with Crippen LogP contribution in [0, 0.1) is 0 Å². The fourth-order valence-corrected chi connectivity index (χ4v) is 5.80. The van der Waals surface area contributed by atoms with Crippen LogP contribution in [-0.4, -0.2) is 73.0 Å². The molecule has 0 heterocycles. The minimum atomic E-state index is -1.66. The Bertz CT molecular complexity index is 2050. The third kappa shape index (κ3) is 15.3. The first-order chi connectivity index (χ1) is 28.2. The Morgan fingerprint density at radius 2 is 0.741 bits per heavy atom. The lowest BCUT2D eigenvalue weighted by Gasteiger charge is -2.09. The molecule has 0 atom stereocenters. The topological polar surface area (TPSA) is 160 Å². The van der Waals surface area contributed by atoms with Gasteiger partial charge in [-0.2, -0.15) is 0 Å². The van der Waals surface area contributed by atoms with Crippen LogP contribution in [0.5, 0.6) is 17.2 Å². The highest BCUT2D eigenvalue weighted by atomic mass is 79.9. The van der Waals surface area contributed by atoms with Crippen molar-refractivity contribution < 1.29 is 48.7 Å². The smallest absolute Gasteiger partial charge is 0.489 e. The molecule has 4 N–H and O–H groups in total. The lowest BCUT2D eigenvalue weighted by molar-refractivity contribution is 0.111. The second-order valence-corrected chi connectivity index (χ2v) is 13.5. The van der Waals surface area contributed by atoms with Crippen LogP contribution in [0.4, 0.5) is 0 Å². The second kappa shape index (κ2) is 24.7. The second-order valence-electron chi connectivity index (χ2n) is 12.6. The van der Waals surface area contributed by atoms with Gasteiger partial charge in [-0.25, -0.2) is 0 Å². The van der Waals surface area contributed by atoms with Crippen LogP contribution in [0.1, 0.15) is 47.8 Å². The molecule has 58 heavy (non-hydrogen) atoms. The van der Waals surface area contributed by atoms with Crippen LogP contribution in [0.15, 0.2) is 150 Å². The Morgan fingerprint density at radius 1 is 0.431 bits per heavy atom. The maximum Gasteiger partial charge on any atom is 0.489 e. The van der Waals surface area contributed by atoms with Crippen LogP contribution in [-0.2, 0) is 19.3 Å². The zero-order valence-electron chi connectivity index (χ0n) is 31.6. The number of halogens is 1. The normalized spacial score (nSPS) is 10.1. The van der Waals surface area contributed by atoms with Gasteiger partial charge in [-0.15, -0.1) is 0 Å². The van der Waals surface area contributed by atoms with Crippen molar-refractivity contribution in [2.24, 2.45) is 0 Å². The minimum Gasteiger partial charge on any atom is -0.493 e. The van der Waals surface area contributed by atoms with E-state index in [1.54, 1.807) is 18.2 Å². The Hall–Kier alpha value is -5.82. The molecule has 0 aliphatic rings. The van der Waals surface area contributed by atoms with Gasteiger partial charge in [-0.1, -0.05) is 119 Å². The van der Waals surface area contributed by atoms with Crippen molar-refractivity contribution in [1.82, 2.24) is 0 Å². The third-order valence-electron chi connectivity index (χ3n) is 8.53. The summed E-state index contributed by atoms with van der Waals surface area (Å²) in [5.74, 6) is 1.79. The summed E-state index contributed by atoms with van der Waals surface area (Å²) in [6.45, 7) is 1.58. The molecule has 0 aliphatic heterocycles. The summed E-state index contributed by atoms with van der Waals surface area (Å²) in [7, 11) is -3.32. The molecule has 0 unspecified atom stereocenters. The van der Waals surface area contributed by atoms with Crippen LogP contribution in [0.2, 0.25) is 0 Å². The zero-order valence-corrected chi connectivity index (χ0v) is 33.2. The van der Waals surface area contributed by atoms with E-state index in [1.165, 1.54) is 41.0 Å². The first-order valence-electron chi connectivity index (χ1n) is 18.4. The van der Waals surface area contributed by atoms with Crippen molar-refractivity contribution >= 4 is 60.0 Å². The van der Waals surface area contributed by atoms with E-state index in [0.29, 0.717) is 49.5 Å². The van der Waals surface area contributed by atoms with Crippen molar-refractivity contribution in [2.75, 3.05) is 19.8 Å². The summed E-state index contributed by atoms with van der Waals surface area (Å²) in [6.07, 6.45) is 4.36. The van der Waals surface area contributed by atoms with E-state index >= 15 is 0 Å². The highest BCUT2D eigenvalue weighted by Gasteiger charge is 2.17. The van der Waals surface area contributed by atoms with E-state index in [4.69, 9.17) is 34.3 Å². The summed E-state index contributed by atoms with van der Waals surface area (Å²) >= 11 is 3.31. The number of benzene rings is 6. The fourth-order valence-electron chi connectivity index (χ4n) is 5.46. The molecule has 0 amide bonds. The number of rotatable bonds is 17. The van der Waals surface area contributed by atoms with E-state index < -0.39 is 14.2 Å². The van der Waals surface area contributed by atoms with Gasteiger partial charge in [0.15, 0.2) is 6.29 Å². The number of carbonyl (C=O) groups excluding carboxylic acids is 3. The summed E-state index contributed by atoms with van der Waals surface area (Å²) in [5, 5.41) is 36.4. The van der Waals surface area contributed by atoms with Crippen molar-refractivity contribution in [3.05, 3.63) is 183 Å². The summed E-state index contributed by atoms with van der Waals surface area (Å²) < 4.78 is 17.5. The lowest BCUT2D eigenvalue weighted by atomic mass is 9.77. The van der Waals surface area contributed by atoms with Gasteiger partial charge in [0.25, 0.3) is 0 Å². The summed E-state index contributed by atoms with van der Waals surface area (Å²) in [5.41, 5.74) is 4.98. The van der Waals surface area contributed by atoms with E-state index in [1.807, 2.05) is 91.0 Å². The lowest BCUT2D eigenvalue weighted by Crippen LogP contribution is -2.32. The van der Waals surface area contributed by atoms with Crippen LogP contribution in [0.25, 0.3) is 0 Å². The predicted molar refractivity (Wildman–Crippen MR) is 230 cm³/mol. The van der Waals surface area contributed by atoms with Crippen LogP contribution < -0.4 is 25.1 Å². The van der Waals surface area contributed by atoms with Gasteiger partial charge in [-0.3, -0.25) is 14.4 Å². The Morgan fingerprint density at radius 3 is 1.05 bits per heavy atom. The quantitative estimate of drug-likeness (QED) is 0.0684. The monoisotopic (exact) mass is 844 g/mol. The highest BCUT2D eigenvalue weighted by molar-refractivity contribution is 9.10. The largest absolute Gasteiger partial charge is 0.493 e. The SMILES string of the molecule is O=Cc1cc(OCCc2ccccc2)ccc1B(O)O.O=Cc1cc(OCCc2ccccc2)ccc1B(O)O.O=Cc1cc(OCCc2ccccc2)ccc1Br. The van der Waals surface area contributed by atoms with Gasteiger partial charge in [-0.05, 0) is 70.1 Å². The molecular weight excluding hydrogens is 802 g/mol. The molecule has 10 nitrogen and oxygen atoms in total. The molecule has 0 spiro atoms. The third-order valence-corrected chi connectivity index (χ3v) is 9.25. The molecule has 6 aromatic rings. The number of ether oxygens (including phenoxy) is 3. The molecule has 0 saturated carbocycles. The highest BCUT2D eigenvalue weighted by Crippen LogP contribution is 2.21. The average Bonchev–Trinajstić information content (AvgIpc) is 3.25. The minimum absolute atomic E-state index is 0.176. The van der Waals surface area contributed by atoms with E-state index in [2.05, 4.69) is 28.1 Å². The Kier molecular flexibility index (Phi) is 19.1. The van der Waals surface area contributed by atoms with Gasteiger partial charge in [0.05, 0.1) is 19.8 Å². The van der Waals surface area contributed by atoms with Gasteiger partial charge in [0, 0.05) is 40.4 Å². The fraction of sp³-hybridized carbons (Fsp3) is 0.133. The molecule has 0 radical (unpaired) electrons. The molecule has 6 rings (SSSR count). The first kappa shape index (κ1) is 44.9. The van der Waals surface area contributed by atoms with Crippen molar-refractivity contribution in [3.8, 4) is 17.2 Å². The van der Waals surface area contributed by atoms with Gasteiger partial charge in [0.1, 0.15) is 29.8 Å². The number of carbonyl (C=O) groups is 3. The molecule has 296 valence electrons. The van der Waals surface area contributed by atoms with E-state index in [0.717, 1.165) is 35.8 Å². The Balaban J connectivity index is 0.000000193. The maximum atomic E-state index is 10.9. The van der Waals surface area contributed by atoms with Gasteiger partial charge in [0.2, 0.25) is 0 Å². The molecule has 6 aromatic carbocycles. The van der Waals surface area contributed by atoms with Gasteiger partial charge < -0.3 is 34.3 Å². The average molecular weight is 845 g/mol. The van der Waals surface area contributed by atoms with Crippen LogP contribution in [0.3, 0.4) is 0 Å². The molecule has 0 aliphatic carbocycles. The molecule has 0 bridgehead atoms. The molecule has 0 fully saturated rings. The van der Waals surface area contributed by atoms with E-state index in [9.17, 15) is 14.4 Å². The van der Waals surface area contributed by atoms with Crippen molar-refractivity contribution in [2.45, 2.75) is 19.3 Å². The summed E-state index contributed by atoms with van der Waals surface area (Å²) in [6, 6.07) is 44.7. The maximum absolute atomic E-state index is 10.9. The van der Waals surface area contributed by atoms with E-state index in [-0.39, 0.29) is 22.1 Å². The molecular formula is C45H43B2BrO10. The number of hydrogen-bond donors (Lipinski definition) is 4. The molecule has 0 saturated heterocycles. The standard InChI is InChI=1S/2C15H15BO4.C15H13BrO2/c2*17-11-13-10-14(6-7-15(13)16(18)19)20-9-8-12-4-2-1-3-5-12;16-15-7-6-14(10-13(15)11-17)18-9-8-12-4-2-1-3-5-12/h2*1-7,10-11,18-19H,8-9H2;1-7,10-11H,8-9H2. The molecule has 0 aromatic heterocycles. The van der Waals surface area contributed by atoms with Crippen molar-refractivity contribution in [1.29, 1.82) is 0 Å². The summed E-state index contributed by atoms with van der Waals surface area (Å²) in [4.78, 5) is 32.6. The number of hydrogen-bond acceptors (Lipinski definition) is 10.